The monoisotopic (exact) mass is 183 g/mol. The smallest absolute Gasteiger partial charge is 0.139 e. The third-order valence-electron chi connectivity index (χ3n) is 1.70. The summed E-state index contributed by atoms with van der Waals surface area (Å²) in [6, 6.07) is 3.80. The van der Waals surface area contributed by atoms with Gasteiger partial charge in [0.1, 0.15) is 5.65 Å². The van der Waals surface area contributed by atoms with Crippen molar-refractivity contribution in [3.63, 3.8) is 0 Å². The fourth-order valence-electron chi connectivity index (χ4n) is 1.18. The number of hydrogen-bond acceptors (Lipinski definition) is 2. The molecule has 0 radical (unpaired) electrons. The van der Waals surface area contributed by atoms with E-state index in [9.17, 15) is 0 Å². The summed E-state index contributed by atoms with van der Waals surface area (Å²) in [6.07, 6.45) is 1.70. The van der Waals surface area contributed by atoms with Crippen molar-refractivity contribution in [2.45, 2.75) is 6.92 Å². The first-order valence-corrected chi connectivity index (χ1v) is 3.47. The summed E-state index contributed by atoms with van der Waals surface area (Å²) in [4.78, 5) is 7.24. The molecule has 3 nitrogen and oxygen atoms in total. The Morgan fingerprint density at radius 2 is 2.25 bits per heavy atom. The molecule has 2 rings (SSSR count). The minimum atomic E-state index is 0. The number of anilines is 1. The van der Waals surface area contributed by atoms with Crippen LogP contribution in [0.4, 0.5) is 5.69 Å². The Bertz CT molecular complexity index is 394. The zero-order chi connectivity index (χ0) is 7.84. The molecule has 12 heavy (non-hydrogen) atoms. The number of nitrogen functional groups attached to an aromatic ring is 1. The highest BCUT2D eigenvalue weighted by Crippen LogP contribution is 2.18. The summed E-state index contributed by atoms with van der Waals surface area (Å²) in [6.45, 7) is 1.99. The number of aryl methyl sites for hydroxylation is 1. The van der Waals surface area contributed by atoms with E-state index in [2.05, 4.69) is 9.97 Å². The largest absolute Gasteiger partial charge is 0.398 e. The van der Waals surface area contributed by atoms with Gasteiger partial charge in [0.05, 0.1) is 0 Å². The van der Waals surface area contributed by atoms with E-state index in [0.29, 0.717) is 0 Å². The first-order valence-electron chi connectivity index (χ1n) is 3.47. The fourth-order valence-corrected chi connectivity index (χ4v) is 1.18. The molecule has 2 aromatic heterocycles. The third-order valence-corrected chi connectivity index (χ3v) is 1.70. The van der Waals surface area contributed by atoms with E-state index in [1.54, 1.807) is 12.3 Å². The van der Waals surface area contributed by atoms with E-state index in [-0.39, 0.29) is 12.4 Å². The van der Waals surface area contributed by atoms with Crippen molar-refractivity contribution >= 4 is 29.1 Å². The topological polar surface area (TPSA) is 54.7 Å². The number of fused-ring (bicyclic) bond motifs is 1. The Morgan fingerprint density at radius 1 is 1.50 bits per heavy atom. The average molecular weight is 184 g/mol. The number of hydrogen-bond donors (Lipinski definition) is 2. The lowest BCUT2D eigenvalue weighted by Crippen LogP contribution is -1.85. The summed E-state index contributed by atoms with van der Waals surface area (Å²) in [7, 11) is 0. The van der Waals surface area contributed by atoms with Crippen molar-refractivity contribution < 1.29 is 0 Å². The first-order chi connectivity index (χ1) is 5.27. The SMILES string of the molecule is Cc1cc2c(N)ccnc2[nH]1.Cl. The molecule has 0 aliphatic rings. The van der Waals surface area contributed by atoms with E-state index in [1.807, 2.05) is 13.0 Å². The maximum atomic E-state index is 5.71. The lowest BCUT2D eigenvalue weighted by atomic mass is 10.3. The van der Waals surface area contributed by atoms with Gasteiger partial charge in [-0.1, -0.05) is 0 Å². The average Bonchev–Trinajstić information content (AvgIpc) is 2.31. The molecule has 0 atom stereocenters. The second-order valence-corrected chi connectivity index (χ2v) is 2.61. The van der Waals surface area contributed by atoms with Gasteiger partial charge in [0.25, 0.3) is 0 Å². The number of nitrogens with one attached hydrogen (secondary N) is 1. The molecule has 0 saturated heterocycles. The zero-order valence-electron chi connectivity index (χ0n) is 6.66. The van der Waals surface area contributed by atoms with Crippen LogP contribution in [0.3, 0.4) is 0 Å². The first kappa shape index (κ1) is 8.87. The zero-order valence-corrected chi connectivity index (χ0v) is 7.48. The molecule has 2 aromatic rings. The number of aromatic nitrogens is 2. The second-order valence-electron chi connectivity index (χ2n) is 2.61. The van der Waals surface area contributed by atoms with Crippen LogP contribution < -0.4 is 5.73 Å². The Hall–Kier alpha value is -1.22. The van der Waals surface area contributed by atoms with Crippen LogP contribution in [0.5, 0.6) is 0 Å². The Kier molecular flexibility index (Phi) is 2.24. The van der Waals surface area contributed by atoms with Gasteiger partial charge in [0, 0.05) is 23.0 Å². The van der Waals surface area contributed by atoms with E-state index in [0.717, 1.165) is 22.4 Å². The van der Waals surface area contributed by atoms with Crippen LogP contribution in [0.2, 0.25) is 0 Å². The van der Waals surface area contributed by atoms with Gasteiger partial charge in [0.2, 0.25) is 0 Å². The van der Waals surface area contributed by atoms with Crippen molar-refractivity contribution in [2.24, 2.45) is 0 Å². The van der Waals surface area contributed by atoms with Crippen LogP contribution in [-0.2, 0) is 0 Å². The summed E-state index contributed by atoms with van der Waals surface area (Å²) in [5.74, 6) is 0. The molecule has 4 heteroatoms. The number of H-pyrrole nitrogens is 1. The van der Waals surface area contributed by atoms with Gasteiger partial charge >= 0.3 is 0 Å². The van der Waals surface area contributed by atoms with Crippen LogP contribution in [0.1, 0.15) is 5.69 Å². The van der Waals surface area contributed by atoms with Gasteiger partial charge in [-0.05, 0) is 19.1 Å². The number of aromatic amines is 1. The van der Waals surface area contributed by atoms with E-state index >= 15 is 0 Å². The molecule has 0 saturated carbocycles. The standard InChI is InChI=1S/C8H9N3.ClH/c1-5-4-6-7(9)2-3-10-8(6)11-5;/h2-4H,1H3,(H3,9,10,11);1H. The van der Waals surface area contributed by atoms with Crippen LogP contribution >= 0.6 is 12.4 Å². The maximum Gasteiger partial charge on any atom is 0.139 e. The lowest BCUT2D eigenvalue weighted by molar-refractivity contribution is 1.25. The molecular weight excluding hydrogens is 174 g/mol. The molecule has 2 heterocycles. The quantitative estimate of drug-likeness (QED) is 0.655. The highest BCUT2D eigenvalue weighted by Gasteiger charge is 1.99. The Labute approximate surface area is 76.4 Å². The van der Waals surface area contributed by atoms with Gasteiger partial charge in [-0.3, -0.25) is 0 Å². The van der Waals surface area contributed by atoms with E-state index in [4.69, 9.17) is 5.73 Å². The van der Waals surface area contributed by atoms with Crippen LogP contribution in [0.25, 0.3) is 11.0 Å². The lowest BCUT2D eigenvalue weighted by Gasteiger charge is -1.91. The minimum absolute atomic E-state index is 0. The highest BCUT2D eigenvalue weighted by atomic mass is 35.5. The maximum absolute atomic E-state index is 5.71. The normalized spacial score (nSPS) is 9.75. The minimum Gasteiger partial charge on any atom is -0.398 e. The second kappa shape index (κ2) is 3.03. The Balaban J connectivity index is 0.000000720. The van der Waals surface area contributed by atoms with Crippen molar-refractivity contribution in [1.29, 1.82) is 0 Å². The predicted molar refractivity (Wildman–Crippen MR) is 52.5 cm³/mol. The Morgan fingerprint density at radius 3 is 2.92 bits per heavy atom. The molecule has 0 unspecified atom stereocenters. The number of rotatable bonds is 0. The van der Waals surface area contributed by atoms with Gasteiger partial charge in [-0.2, -0.15) is 0 Å². The van der Waals surface area contributed by atoms with E-state index < -0.39 is 0 Å². The molecule has 0 aliphatic heterocycles. The molecule has 64 valence electrons. The van der Waals surface area contributed by atoms with Crippen LogP contribution in [-0.4, -0.2) is 9.97 Å². The van der Waals surface area contributed by atoms with Crippen molar-refractivity contribution in [1.82, 2.24) is 9.97 Å². The molecule has 0 fully saturated rings. The van der Waals surface area contributed by atoms with Gasteiger partial charge < -0.3 is 10.7 Å². The number of nitrogens with zero attached hydrogens (tertiary/aromatic N) is 1. The third kappa shape index (κ3) is 1.23. The van der Waals surface area contributed by atoms with Gasteiger partial charge in [-0.25, -0.2) is 4.98 Å². The summed E-state index contributed by atoms with van der Waals surface area (Å²) in [5.41, 5.74) is 8.44. The van der Waals surface area contributed by atoms with Crippen molar-refractivity contribution in [2.75, 3.05) is 5.73 Å². The van der Waals surface area contributed by atoms with E-state index in [1.165, 1.54) is 0 Å². The number of nitrogens with two attached hydrogens (primary N) is 1. The van der Waals surface area contributed by atoms with Crippen molar-refractivity contribution in [3.05, 3.63) is 24.0 Å². The molecule has 0 amide bonds. The molecule has 0 bridgehead atoms. The molecule has 0 aromatic carbocycles. The highest BCUT2D eigenvalue weighted by molar-refractivity contribution is 5.88. The summed E-state index contributed by atoms with van der Waals surface area (Å²) in [5, 5.41) is 1.00. The number of pyridine rings is 1. The molecule has 0 spiro atoms. The fraction of sp³-hybridized carbons (Fsp3) is 0.125. The van der Waals surface area contributed by atoms with Gasteiger partial charge in [-0.15, -0.1) is 12.4 Å². The van der Waals surface area contributed by atoms with Crippen LogP contribution in [0.15, 0.2) is 18.3 Å². The van der Waals surface area contributed by atoms with Gasteiger partial charge in [0.15, 0.2) is 0 Å². The predicted octanol–water partition coefficient (Wildman–Crippen LogP) is 1.88. The van der Waals surface area contributed by atoms with Crippen LogP contribution in [0, 0.1) is 6.92 Å². The van der Waals surface area contributed by atoms with Crippen molar-refractivity contribution in [3.8, 4) is 0 Å². The number of halogens is 1. The summed E-state index contributed by atoms with van der Waals surface area (Å²) >= 11 is 0. The molecule has 3 N–H and O–H groups in total. The summed E-state index contributed by atoms with van der Waals surface area (Å²) < 4.78 is 0. The molecular formula is C8H10ClN3. The molecule has 0 aliphatic carbocycles.